The summed E-state index contributed by atoms with van der Waals surface area (Å²) in [5.41, 5.74) is 1.96. The number of ether oxygens (including phenoxy) is 1. The van der Waals surface area contributed by atoms with Crippen molar-refractivity contribution < 1.29 is 18.7 Å². The molecule has 0 aliphatic carbocycles. The van der Waals surface area contributed by atoms with Crippen LogP contribution in [0, 0.1) is 6.92 Å². The number of hydrogen-bond donors (Lipinski definition) is 1. The Labute approximate surface area is 178 Å². The first kappa shape index (κ1) is 19.8. The number of furan rings is 1. The fraction of sp³-hybridized carbons (Fsp3) is 0.0833. The molecule has 0 saturated heterocycles. The number of rotatable bonds is 6. The lowest BCUT2D eigenvalue weighted by molar-refractivity contribution is -0.119. The van der Waals surface area contributed by atoms with Crippen LogP contribution in [0.4, 0.5) is 5.69 Å². The molecule has 0 aliphatic heterocycles. The molecule has 4 aromatic rings. The van der Waals surface area contributed by atoms with Gasteiger partial charge < -0.3 is 14.5 Å². The van der Waals surface area contributed by atoms with Crippen molar-refractivity contribution in [2.45, 2.75) is 16.7 Å². The second-order valence-corrected chi connectivity index (χ2v) is 7.70. The molecule has 0 unspecified atom stereocenters. The normalized spacial score (nSPS) is 10.7. The van der Waals surface area contributed by atoms with E-state index in [2.05, 4.69) is 5.32 Å². The summed E-state index contributed by atoms with van der Waals surface area (Å²) in [6.07, 6.45) is 0. The Morgan fingerprint density at radius 1 is 0.933 bits per heavy atom. The van der Waals surface area contributed by atoms with Crippen molar-refractivity contribution in [2.75, 3.05) is 11.9 Å². The molecule has 1 N–H and O–H groups in total. The number of fused-ring (bicyclic) bond motifs is 1. The molecule has 150 valence electrons. The lowest BCUT2D eigenvalue weighted by Crippen LogP contribution is -2.21. The lowest BCUT2D eigenvalue weighted by Gasteiger charge is -2.11. The van der Waals surface area contributed by atoms with Crippen molar-refractivity contribution >= 4 is 40.3 Å². The zero-order valence-corrected chi connectivity index (χ0v) is 17.1. The third-order valence-electron chi connectivity index (χ3n) is 4.50. The van der Waals surface area contributed by atoms with Crippen LogP contribution in [-0.4, -0.2) is 18.5 Å². The van der Waals surface area contributed by atoms with Gasteiger partial charge >= 0.3 is 5.97 Å². The van der Waals surface area contributed by atoms with E-state index in [1.807, 2.05) is 72.8 Å². The van der Waals surface area contributed by atoms with Crippen molar-refractivity contribution in [2.24, 2.45) is 0 Å². The van der Waals surface area contributed by atoms with Crippen LogP contribution in [0.5, 0.6) is 0 Å². The summed E-state index contributed by atoms with van der Waals surface area (Å²) in [5.74, 6) is -0.965. The quantitative estimate of drug-likeness (QED) is 0.408. The molecule has 0 radical (unpaired) electrons. The van der Waals surface area contributed by atoms with Crippen molar-refractivity contribution in [1.82, 2.24) is 0 Å². The summed E-state index contributed by atoms with van der Waals surface area (Å²) in [7, 11) is 0. The number of benzene rings is 3. The molecule has 0 bridgehead atoms. The monoisotopic (exact) mass is 417 g/mol. The summed E-state index contributed by atoms with van der Waals surface area (Å²) in [5, 5.41) is 3.66. The van der Waals surface area contributed by atoms with Gasteiger partial charge in [-0.2, -0.15) is 0 Å². The van der Waals surface area contributed by atoms with Gasteiger partial charge in [-0.3, -0.25) is 4.79 Å². The molecule has 1 aromatic heterocycles. The Hall–Kier alpha value is -3.51. The van der Waals surface area contributed by atoms with E-state index < -0.39 is 18.5 Å². The maximum Gasteiger partial charge on any atom is 0.375 e. The molecule has 1 amide bonds. The van der Waals surface area contributed by atoms with Crippen LogP contribution in [0.3, 0.4) is 0 Å². The number of hydrogen-bond acceptors (Lipinski definition) is 5. The largest absolute Gasteiger partial charge is 0.450 e. The van der Waals surface area contributed by atoms with Gasteiger partial charge in [-0.25, -0.2) is 4.79 Å². The molecule has 1 heterocycles. The average Bonchev–Trinajstić information content (AvgIpc) is 3.11. The first-order valence-corrected chi connectivity index (χ1v) is 10.2. The van der Waals surface area contributed by atoms with Crippen molar-refractivity contribution in [3.8, 4) is 0 Å². The summed E-state index contributed by atoms with van der Waals surface area (Å²) < 4.78 is 10.8. The van der Waals surface area contributed by atoms with E-state index in [1.165, 1.54) is 0 Å². The number of amides is 1. The maximum absolute atomic E-state index is 12.4. The molecular weight excluding hydrogens is 398 g/mol. The van der Waals surface area contributed by atoms with Crippen LogP contribution in [-0.2, 0) is 9.53 Å². The molecule has 5 nitrogen and oxygen atoms in total. The van der Waals surface area contributed by atoms with Crippen LogP contribution >= 0.6 is 11.8 Å². The van der Waals surface area contributed by atoms with Crippen LogP contribution in [0.2, 0.25) is 0 Å². The first-order chi connectivity index (χ1) is 14.6. The Morgan fingerprint density at radius 3 is 2.43 bits per heavy atom. The van der Waals surface area contributed by atoms with Gasteiger partial charge in [0.25, 0.3) is 5.91 Å². The summed E-state index contributed by atoms with van der Waals surface area (Å²) in [4.78, 5) is 26.7. The Bertz CT molecular complexity index is 1200. The number of carbonyl (C=O) groups is 2. The maximum atomic E-state index is 12.4. The predicted octanol–water partition coefficient (Wildman–Crippen LogP) is 5.69. The van der Waals surface area contributed by atoms with Gasteiger partial charge in [0.05, 0.1) is 5.69 Å². The topological polar surface area (TPSA) is 68.5 Å². The van der Waals surface area contributed by atoms with E-state index in [-0.39, 0.29) is 5.76 Å². The molecule has 0 fully saturated rings. The highest BCUT2D eigenvalue weighted by molar-refractivity contribution is 7.99. The zero-order chi connectivity index (χ0) is 20.9. The van der Waals surface area contributed by atoms with Crippen LogP contribution in [0.15, 0.2) is 93.1 Å². The molecule has 30 heavy (non-hydrogen) atoms. The third kappa shape index (κ3) is 4.39. The molecule has 0 aliphatic rings. The van der Waals surface area contributed by atoms with E-state index in [0.717, 1.165) is 15.2 Å². The minimum absolute atomic E-state index is 0.115. The fourth-order valence-corrected chi connectivity index (χ4v) is 3.95. The molecular formula is C24H19NO4S. The molecule has 4 rings (SSSR count). The summed E-state index contributed by atoms with van der Waals surface area (Å²) in [6.45, 7) is 1.39. The predicted molar refractivity (Wildman–Crippen MR) is 117 cm³/mol. The highest BCUT2D eigenvalue weighted by Gasteiger charge is 2.20. The van der Waals surface area contributed by atoms with E-state index in [1.54, 1.807) is 24.8 Å². The SMILES string of the molecule is Cc1c(C(=O)OCC(=O)Nc2ccccc2Sc2ccccc2)oc2ccccc12. The number of carbonyl (C=O) groups excluding carboxylic acids is 2. The van der Waals surface area contributed by atoms with Crippen LogP contribution < -0.4 is 5.32 Å². The molecule has 3 aromatic carbocycles. The Morgan fingerprint density at radius 2 is 1.63 bits per heavy atom. The molecule has 0 saturated carbocycles. The second kappa shape index (κ2) is 8.88. The number of esters is 1. The highest BCUT2D eigenvalue weighted by atomic mass is 32.2. The van der Waals surface area contributed by atoms with E-state index >= 15 is 0 Å². The van der Waals surface area contributed by atoms with Gasteiger partial charge in [0.15, 0.2) is 6.61 Å². The first-order valence-electron chi connectivity index (χ1n) is 9.39. The van der Waals surface area contributed by atoms with Crippen LogP contribution in [0.1, 0.15) is 16.1 Å². The summed E-state index contributed by atoms with van der Waals surface area (Å²) >= 11 is 1.54. The highest BCUT2D eigenvalue weighted by Crippen LogP contribution is 2.33. The van der Waals surface area contributed by atoms with Gasteiger partial charge in [0, 0.05) is 20.7 Å². The summed E-state index contributed by atoms with van der Waals surface area (Å²) in [6, 6.07) is 24.7. The third-order valence-corrected chi connectivity index (χ3v) is 5.58. The smallest absolute Gasteiger partial charge is 0.375 e. The minimum atomic E-state index is -0.661. The van der Waals surface area contributed by atoms with Crippen LogP contribution in [0.25, 0.3) is 11.0 Å². The zero-order valence-electron chi connectivity index (χ0n) is 16.3. The number of para-hydroxylation sites is 2. The number of anilines is 1. The molecule has 0 atom stereocenters. The van der Waals surface area contributed by atoms with Crippen molar-refractivity contribution in [3.05, 3.63) is 90.2 Å². The van der Waals surface area contributed by atoms with Gasteiger partial charge in [-0.1, -0.05) is 60.3 Å². The fourth-order valence-electron chi connectivity index (χ4n) is 3.03. The van der Waals surface area contributed by atoms with Gasteiger partial charge in [0.2, 0.25) is 5.76 Å². The van der Waals surface area contributed by atoms with Gasteiger partial charge in [-0.05, 0) is 37.3 Å². The number of nitrogens with one attached hydrogen (secondary N) is 1. The number of aryl methyl sites for hydroxylation is 1. The van der Waals surface area contributed by atoms with Gasteiger partial charge in [-0.15, -0.1) is 0 Å². The second-order valence-electron chi connectivity index (χ2n) is 6.59. The lowest BCUT2D eigenvalue weighted by atomic mass is 10.1. The molecule has 0 spiro atoms. The van der Waals surface area contributed by atoms with Gasteiger partial charge in [0.1, 0.15) is 5.58 Å². The van der Waals surface area contributed by atoms with E-state index in [0.29, 0.717) is 16.8 Å². The van der Waals surface area contributed by atoms with E-state index in [9.17, 15) is 9.59 Å². The standard InChI is InChI=1S/C24H19NO4S/c1-16-18-11-5-7-13-20(18)29-23(16)24(27)28-15-22(26)25-19-12-6-8-14-21(19)30-17-9-3-2-4-10-17/h2-14H,15H2,1H3,(H,25,26). The Balaban J connectivity index is 1.40. The van der Waals surface area contributed by atoms with E-state index in [4.69, 9.17) is 9.15 Å². The van der Waals surface area contributed by atoms with Crippen molar-refractivity contribution in [1.29, 1.82) is 0 Å². The average molecular weight is 417 g/mol. The molecule has 6 heteroatoms. The van der Waals surface area contributed by atoms with Crippen molar-refractivity contribution in [3.63, 3.8) is 0 Å². The Kier molecular flexibility index (Phi) is 5.86. The minimum Gasteiger partial charge on any atom is -0.450 e.